The van der Waals surface area contributed by atoms with E-state index in [1.165, 1.54) is 23.5 Å². The van der Waals surface area contributed by atoms with Gasteiger partial charge >= 0.3 is 6.18 Å². The first-order valence-corrected chi connectivity index (χ1v) is 7.61. The quantitative estimate of drug-likeness (QED) is 0.737. The van der Waals surface area contributed by atoms with Gasteiger partial charge in [0.25, 0.3) is 0 Å². The lowest BCUT2D eigenvalue weighted by atomic mass is 9.99. The average molecular weight is 385 g/mol. The number of benzene rings is 1. The van der Waals surface area contributed by atoms with Gasteiger partial charge in [0.1, 0.15) is 4.34 Å². The fourth-order valence-electron chi connectivity index (χ4n) is 1.96. The number of thiophene rings is 1. The fraction of sp³-hybridized carbons (Fsp3) is 0.231. The van der Waals surface area contributed by atoms with Crippen molar-refractivity contribution >= 4 is 38.9 Å². The van der Waals surface area contributed by atoms with Crippen LogP contribution in [0.4, 0.5) is 13.2 Å². The molecule has 108 valence electrons. The monoisotopic (exact) mass is 383 g/mol. The van der Waals surface area contributed by atoms with Gasteiger partial charge in [-0.05, 0) is 40.7 Å². The largest absolute Gasteiger partial charge is 0.416 e. The number of hydrogen-bond acceptors (Lipinski definition) is 2. The molecule has 0 fully saturated rings. The van der Waals surface area contributed by atoms with Crippen molar-refractivity contribution in [2.24, 2.45) is 0 Å². The summed E-state index contributed by atoms with van der Waals surface area (Å²) in [7, 11) is 1.62. The van der Waals surface area contributed by atoms with E-state index >= 15 is 0 Å². The molecule has 1 aromatic carbocycles. The Balaban J connectivity index is 2.53. The smallest absolute Gasteiger partial charge is 0.309 e. The Kier molecular flexibility index (Phi) is 4.79. The van der Waals surface area contributed by atoms with E-state index in [0.717, 1.165) is 10.9 Å². The SMILES string of the molecule is CNC(c1cc(Br)c(Cl)s1)c1ccccc1C(F)(F)F. The molecule has 2 rings (SSSR count). The van der Waals surface area contributed by atoms with Crippen LogP contribution in [0.15, 0.2) is 34.8 Å². The Morgan fingerprint density at radius 1 is 1.30 bits per heavy atom. The first kappa shape index (κ1) is 15.8. The van der Waals surface area contributed by atoms with Crippen molar-refractivity contribution in [1.82, 2.24) is 5.32 Å². The topological polar surface area (TPSA) is 12.0 Å². The van der Waals surface area contributed by atoms with Gasteiger partial charge in [0.05, 0.1) is 11.6 Å². The van der Waals surface area contributed by atoms with E-state index in [4.69, 9.17) is 11.6 Å². The van der Waals surface area contributed by atoms with Crippen LogP contribution in [-0.2, 0) is 6.18 Å². The molecule has 0 saturated carbocycles. The third kappa shape index (κ3) is 3.19. The molecular formula is C13H10BrClF3NS. The van der Waals surface area contributed by atoms with Crippen molar-refractivity contribution in [1.29, 1.82) is 0 Å². The van der Waals surface area contributed by atoms with Crippen molar-refractivity contribution in [3.8, 4) is 0 Å². The molecule has 0 bridgehead atoms. The lowest BCUT2D eigenvalue weighted by molar-refractivity contribution is -0.138. The molecule has 1 nitrogen and oxygen atoms in total. The maximum Gasteiger partial charge on any atom is 0.416 e. The summed E-state index contributed by atoms with van der Waals surface area (Å²) in [5.74, 6) is 0. The zero-order chi connectivity index (χ0) is 14.9. The van der Waals surface area contributed by atoms with Crippen LogP contribution >= 0.6 is 38.9 Å². The molecule has 1 heterocycles. The standard InChI is InChI=1S/C13H10BrClF3NS/c1-19-11(10-6-9(14)12(15)20-10)7-4-2-3-5-8(7)13(16,17)18/h2-6,11,19H,1H3. The minimum atomic E-state index is -4.38. The molecule has 0 amide bonds. The van der Waals surface area contributed by atoms with E-state index < -0.39 is 17.8 Å². The van der Waals surface area contributed by atoms with E-state index in [2.05, 4.69) is 21.2 Å². The maximum atomic E-state index is 13.1. The van der Waals surface area contributed by atoms with E-state index in [0.29, 0.717) is 8.81 Å². The summed E-state index contributed by atoms with van der Waals surface area (Å²) in [4.78, 5) is 0.723. The molecule has 1 aromatic heterocycles. The maximum absolute atomic E-state index is 13.1. The molecule has 0 saturated heterocycles. The summed E-state index contributed by atoms with van der Waals surface area (Å²) in [6.07, 6.45) is -4.38. The van der Waals surface area contributed by atoms with Crippen LogP contribution in [0.3, 0.4) is 0 Å². The lowest BCUT2D eigenvalue weighted by Gasteiger charge is -2.20. The Labute approximate surface area is 131 Å². The summed E-state index contributed by atoms with van der Waals surface area (Å²) >= 11 is 10.5. The lowest BCUT2D eigenvalue weighted by Crippen LogP contribution is -2.21. The summed E-state index contributed by atoms with van der Waals surface area (Å²) < 4.78 is 40.5. The van der Waals surface area contributed by atoms with Gasteiger partial charge in [0.15, 0.2) is 0 Å². The van der Waals surface area contributed by atoms with Crippen LogP contribution < -0.4 is 5.32 Å². The van der Waals surface area contributed by atoms with Gasteiger partial charge in [0.2, 0.25) is 0 Å². The first-order chi connectivity index (χ1) is 9.34. The zero-order valence-corrected chi connectivity index (χ0v) is 13.4. The highest BCUT2D eigenvalue weighted by Crippen LogP contribution is 2.41. The van der Waals surface area contributed by atoms with Gasteiger partial charge in [-0.1, -0.05) is 29.8 Å². The molecule has 1 unspecified atom stereocenters. The zero-order valence-electron chi connectivity index (χ0n) is 10.3. The molecule has 0 radical (unpaired) electrons. The van der Waals surface area contributed by atoms with Crippen molar-refractivity contribution < 1.29 is 13.2 Å². The van der Waals surface area contributed by atoms with Crippen molar-refractivity contribution in [3.05, 3.63) is 55.1 Å². The van der Waals surface area contributed by atoms with Gasteiger partial charge < -0.3 is 5.32 Å². The number of rotatable bonds is 3. The highest BCUT2D eigenvalue weighted by Gasteiger charge is 2.35. The average Bonchev–Trinajstić information content (AvgIpc) is 2.70. The summed E-state index contributed by atoms with van der Waals surface area (Å²) in [6.45, 7) is 0. The van der Waals surface area contributed by atoms with Crippen LogP contribution in [0.25, 0.3) is 0 Å². The van der Waals surface area contributed by atoms with Gasteiger partial charge in [0, 0.05) is 9.35 Å². The number of halogens is 5. The van der Waals surface area contributed by atoms with Gasteiger partial charge in [-0.15, -0.1) is 11.3 Å². The van der Waals surface area contributed by atoms with E-state index in [-0.39, 0.29) is 5.56 Å². The summed E-state index contributed by atoms with van der Waals surface area (Å²) in [5.41, 5.74) is -0.451. The van der Waals surface area contributed by atoms with Crippen molar-refractivity contribution in [2.45, 2.75) is 12.2 Å². The first-order valence-electron chi connectivity index (χ1n) is 5.62. The molecule has 1 atom stereocenters. The van der Waals surface area contributed by atoms with E-state index in [1.54, 1.807) is 19.2 Å². The Bertz CT molecular complexity index is 592. The molecule has 2 aromatic rings. The number of alkyl halides is 3. The van der Waals surface area contributed by atoms with Crippen LogP contribution in [0.5, 0.6) is 0 Å². The van der Waals surface area contributed by atoms with Crippen LogP contribution in [0.1, 0.15) is 22.0 Å². The number of hydrogen-bond donors (Lipinski definition) is 1. The van der Waals surface area contributed by atoms with Crippen molar-refractivity contribution in [3.63, 3.8) is 0 Å². The predicted octanol–water partition coefficient (Wildman–Crippen LogP) is 5.49. The fourth-order valence-corrected chi connectivity index (χ4v) is 3.83. The summed E-state index contributed by atoms with van der Waals surface area (Å²) in [5, 5.41) is 2.92. The van der Waals surface area contributed by atoms with Gasteiger partial charge in [-0.2, -0.15) is 13.2 Å². The van der Waals surface area contributed by atoms with Crippen LogP contribution in [0, 0.1) is 0 Å². The number of nitrogens with one attached hydrogen (secondary N) is 1. The highest BCUT2D eigenvalue weighted by atomic mass is 79.9. The molecule has 0 aliphatic rings. The molecule has 7 heteroatoms. The second-order valence-corrected chi connectivity index (χ2v) is 6.62. The minimum absolute atomic E-state index is 0.188. The van der Waals surface area contributed by atoms with Crippen molar-refractivity contribution in [2.75, 3.05) is 7.05 Å². The third-order valence-electron chi connectivity index (χ3n) is 2.81. The van der Waals surface area contributed by atoms with E-state index in [9.17, 15) is 13.2 Å². The molecule has 1 N–H and O–H groups in total. The summed E-state index contributed by atoms with van der Waals surface area (Å²) in [6, 6.07) is 6.73. The van der Waals surface area contributed by atoms with Crippen LogP contribution in [0.2, 0.25) is 4.34 Å². The van der Waals surface area contributed by atoms with E-state index in [1.807, 2.05) is 0 Å². The molecule has 20 heavy (non-hydrogen) atoms. The highest BCUT2D eigenvalue weighted by molar-refractivity contribution is 9.10. The Morgan fingerprint density at radius 2 is 1.95 bits per heavy atom. The van der Waals surface area contributed by atoms with Gasteiger partial charge in [-0.3, -0.25) is 0 Å². The third-order valence-corrected chi connectivity index (χ3v) is 5.35. The Morgan fingerprint density at radius 3 is 2.45 bits per heavy atom. The molecular weight excluding hydrogens is 375 g/mol. The molecule has 0 aliphatic carbocycles. The second-order valence-electron chi connectivity index (χ2n) is 4.08. The predicted molar refractivity (Wildman–Crippen MR) is 79.4 cm³/mol. The minimum Gasteiger partial charge on any atom is -0.309 e. The molecule has 0 spiro atoms. The normalized spacial score (nSPS) is 13.5. The van der Waals surface area contributed by atoms with Gasteiger partial charge in [-0.25, -0.2) is 0 Å². The Hall–Kier alpha value is -0.560. The second kappa shape index (κ2) is 6.05. The van der Waals surface area contributed by atoms with Crippen LogP contribution in [-0.4, -0.2) is 7.05 Å². The molecule has 0 aliphatic heterocycles.